The summed E-state index contributed by atoms with van der Waals surface area (Å²) in [4.78, 5) is 34.4. The number of rotatable bonds is 7. The van der Waals surface area contributed by atoms with Gasteiger partial charge in [0.15, 0.2) is 0 Å². The van der Waals surface area contributed by atoms with Gasteiger partial charge in [0.1, 0.15) is 23.4 Å². The summed E-state index contributed by atoms with van der Waals surface area (Å²) < 4.78 is 87.4. The van der Waals surface area contributed by atoms with E-state index in [2.05, 4.69) is 9.98 Å². The number of hydrogen-bond donors (Lipinski definition) is 1. The maximum absolute atomic E-state index is 13.6. The van der Waals surface area contributed by atoms with Crippen LogP contribution in [0.1, 0.15) is 36.8 Å². The maximum atomic E-state index is 13.6. The highest BCUT2D eigenvalue weighted by molar-refractivity contribution is 6.00. The van der Waals surface area contributed by atoms with Crippen molar-refractivity contribution in [3.63, 3.8) is 0 Å². The molecule has 4 unspecified atom stereocenters. The normalized spacial score (nSPS) is 22.7. The Hall–Kier alpha value is -3.68. The minimum Gasteiger partial charge on any atom is -0.484 e. The zero-order valence-electron chi connectivity index (χ0n) is 21.4. The van der Waals surface area contributed by atoms with Crippen LogP contribution in [0, 0.1) is 5.92 Å². The van der Waals surface area contributed by atoms with E-state index < -0.39 is 58.9 Å². The van der Waals surface area contributed by atoms with Gasteiger partial charge in [-0.05, 0) is 44.0 Å². The first-order valence-electron chi connectivity index (χ1n) is 12.4. The molecule has 1 aromatic carbocycles. The van der Waals surface area contributed by atoms with Gasteiger partial charge in [0.2, 0.25) is 0 Å². The molecule has 14 heteroatoms. The van der Waals surface area contributed by atoms with E-state index in [0.29, 0.717) is 0 Å². The van der Waals surface area contributed by atoms with Crippen LogP contribution in [0.5, 0.6) is 5.75 Å². The van der Waals surface area contributed by atoms with Crippen molar-refractivity contribution in [2.45, 2.75) is 56.7 Å². The number of aliphatic hydroxyl groups is 1. The smallest absolute Gasteiger partial charge is 0.432 e. The number of aliphatic hydroxyl groups excluding tert-OH is 1. The van der Waals surface area contributed by atoms with E-state index >= 15 is 0 Å². The van der Waals surface area contributed by atoms with Gasteiger partial charge >= 0.3 is 18.0 Å². The van der Waals surface area contributed by atoms with Crippen LogP contribution in [-0.4, -0.2) is 51.1 Å². The minimum atomic E-state index is -4.65. The van der Waals surface area contributed by atoms with Crippen LogP contribution in [0.15, 0.2) is 56.0 Å². The molecule has 1 N–H and O–H groups in total. The number of fused-ring (bicyclic) bond motifs is 1. The molecule has 2 aliphatic rings. The number of aromatic nitrogens is 2. The topological polar surface area (TPSA) is 98.2 Å². The second-order valence-corrected chi connectivity index (χ2v) is 9.62. The van der Waals surface area contributed by atoms with E-state index in [1.165, 1.54) is 32.3 Å². The molecular formula is C26H26F6N4O4. The number of ether oxygens (including phenoxy) is 1. The Balaban J connectivity index is 1.79. The Kier molecular flexibility index (Phi) is 8.11. The minimum absolute atomic E-state index is 0.0102. The highest BCUT2D eigenvalue weighted by Crippen LogP contribution is 2.39. The van der Waals surface area contributed by atoms with Crippen molar-refractivity contribution in [1.82, 2.24) is 9.13 Å². The Morgan fingerprint density at radius 1 is 1.10 bits per heavy atom. The van der Waals surface area contributed by atoms with Crippen LogP contribution in [0.4, 0.5) is 32.2 Å². The van der Waals surface area contributed by atoms with Crippen LogP contribution in [-0.2, 0) is 19.8 Å². The summed E-state index contributed by atoms with van der Waals surface area (Å²) in [6.45, 7) is 1.09. The first-order valence-corrected chi connectivity index (χ1v) is 12.4. The zero-order chi connectivity index (χ0) is 29.4. The summed E-state index contributed by atoms with van der Waals surface area (Å²) in [7, 11) is 1.39. The molecule has 8 nitrogen and oxygen atoms in total. The quantitative estimate of drug-likeness (QED) is 0.504. The van der Waals surface area contributed by atoms with E-state index in [1.807, 2.05) is 0 Å². The number of hydrogen-bond acceptors (Lipinski definition) is 6. The van der Waals surface area contributed by atoms with Crippen molar-refractivity contribution in [3.05, 3.63) is 68.4 Å². The molecule has 2 aliphatic heterocycles. The van der Waals surface area contributed by atoms with Gasteiger partial charge in [-0.25, -0.2) is 9.79 Å². The highest BCUT2D eigenvalue weighted by atomic mass is 19.4. The number of halogens is 6. The molecular weight excluding hydrogens is 546 g/mol. The number of nitrogens with zero attached hydrogens (tertiary/aromatic N) is 4. The molecule has 0 aliphatic carbocycles. The standard InChI is InChI=1S/C26H26F6N4O4/c1-14-15(7-8-20(34-14)26(30,31)32)11-18-19(40-17-6-3-5-16(12-17)25(27,28)29)13-33-22-21(18)23(38)36(9-4-10-37)24(39)35(22)2/h3,5-8,12-15,18-19,37H,4,9-11H2,1-2H3. The molecule has 4 rings (SSSR count). The summed E-state index contributed by atoms with van der Waals surface area (Å²) in [5, 5.41) is 9.23. The predicted octanol–water partition coefficient (Wildman–Crippen LogP) is 4.16. The molecule has 0 saturated heterocycles. The summed E-state index contributed by atoms with van der Waals surface area (Å²) in [6, 6.07) is 3.28. The number of alkyl halides is 6. The Bertz CT molecular complexity index is 1470. The predicted molar refractivity (Wildman–Crippen MR) is 135 cm³/mol. The third-order valence-electron chi connectivity index (χ3n) is 6.92. The summed E-state index contributed by atoms with van der Waals surface area (Å²) >= 11 is 0. The van der Waals surface area contributed by atoms with Crippen LogP contribution >= 0.6 is 0 Å². The average molecular weight is 573 g/mol. The SMILES string of the molecule is CC1N=C(C(F)(F)F)C=CC1CC1c2c(n(C)c(=O)n(CCCO)c2=O)N=CC1Oc1cccc(C(F)(F)F)c1. The first-order chi connectivity index (χ1) is 18.7. The Labute approximate surface area is 224 Å². The molecule has 1 aromatic heterocycles. The third-order valence-corrected chi connectivity index (χ3v) is 6.92. The number of aliphatic imine (C=N–C) groups is 2. The van der Waals surface area contributed by atoms with Crippen LogP contribution < -0.4 is 16.0 Å². The summed E-state index contributed by atoms with van der Waals surface area (Å²) in [5.41, 5.74) is -3.38. The van der Waals surface area contributed by atoms with E-state index in [0.717, 1.165) is 33.4 Å². The van der Waals surface area contributed by atoms with Crippen molar-refractivity contribution in [1.29, 1.82) is 0 Å². The zero-order valence-corrected chi connectivity index (χ0v) is 21.4. The van der Waals surface area contributed by atoms with Gasteiger partial charge in [-0.1, -0.05) is 12.1 Å². The van der Waals surface area contributed by atoms with Gasteiger partial charge in [-0.3, -0.25) is 18.9 Å². The van der Waals surface area contributed by atoms with Crippen molar-refractivity contribution in [2.75, 3.05) is 6.61 Å². The van der Waals surface area contributed by atoms with E-state index in [-0.39, 0.29) is 43.1 Å². The fourth-order valence-electron chi connectivity index (χ4n) is 4.84. The Morgan fingerprint density at radius 3 is 2.45 bits per heavy atom. The molecule has 3 heterocycles. The van der Waals surface area contributed by atoms with Crippen molar-refractivity contribution < 1.29 is 36.2 Å². The first kappa shape index (κ1) is 29.3. The third kappa shape index (κ3) is 5.91. The van der Waals surface area contributed by atoms with Gasteiger partial charge < -0.3 is 9.84 Å². The molecule has 216 valence electrons. The average Bonchev–Trinajstić information content (AvgIpc) is 2.88. The number of benzene rings is 1. The number of allylic oxidation sites excluding steroid dienone is 1. The molecule has 0 spiro atoms. The van der Waals surface area contributed by atoms with Gasteiger partial charge in [0.25, 0.3) is 5.56 Å². The fraction of sp³-hybridized carbons (Fsp3) is 0.462. The second kappa shape index (κ2) is 11.1. The molecule has 40 heavy (non-hydrogen) atoms. The molecule has 4 atom stereocenters. The molecule has 2 aromatic rings. The van der Waals surface area contributed by atoms with Crippen LogP contribution in [0.3, 0.4) is 0 Å². The molecule has 0 saturated carbocycles. The summed E-state index contributed by atoms with van der Waals surface area (Å²) in [6.07, 6.45) is -6.81. The van der Waals surface area contributed by atoms with E-state index in [9.17, 15) is 41.0 Å². The van der Waals surface area contributed by atoms with Gasteiger partial charge in [-0.15, -0.1) is 0 Å². The van der Waals surface area contributed by atoms with E-state index in [4.69, 9.17) is 4.74 Å². The summed E-state index contributed by atoms with van der Waals surface area (Å²) in [5.74, 6) is -1.67. The largest absolute Gasteiger partial charge is 0.484 e. The Morgan fingerprint density at radius 2 is 1.82 bits per heavy atom. The maximum Gasteiger partial charge on any atom is 0.432 e. The molecule has 0 amide bonds. The van der Waals surface area contributed by atoms with Crippen molar-refractivity contribution in [3.8, 4) is 5.75 Å². The van der Waals surface area contributed by atoms with Gasteiger partial charge in [0.05, 0.1) is 17.2 Å². The van der Waals surface area contributed by atoms with Crippen LogP contribution in [0.2, 0.25) is 0 Å². The fourth-order valence-corrected chi connectivity index (χ4v) is 4.84. The monoisotopic (exact) mass is 572 g/mol. The van der Waals surface area contributed by atoms with Gasteiger partial charge in [-0.2, -0.15) is 26.3 Å². The molecule has 0 bridgehead atoms. The van der Waals surface area contributed by atoms with Crippen LogP contribution in [0.25, 0.3) is 0 Å². The molecule has 0 fully saturated rings. The van der Waals surface area contributed by atoms with Crippen molar-refractivity contribution >= 4 is 17.7 Å². The lowest BCUT2D eigenvalue weighted by Gasteiger charge is -2.33. The second-order valence-electron chi connectivity index (χ2n) is 9.62. The number of dihydropyridines is 1. The van der Waals surface area contributed by atoms with Gasteiger partial charge in [0, 0.05) is 38.2 Å². The van der Waals surface area contributed by atoms with Crippen molar-refractivity contribution in [2.24, 2.45) is 23.0 Å². The molecule has 0 radical (unpaired) electrons. The van der Waals surface area contributed by atoms with E-state index in [1.54, 1.807) is 0 Å². The highest BCUT2D eigenvalue weighted by Gasteiger charge is 2.40. The lowest BCUT2D eigenvalue weighted by Crippen LogP contribution is -2.45. The lowest BCUT2D eigenvalue weighted by molar-refractivity contribution is -0.137. The lowest BCUT2D eigenvalue weighted by atomic mass is 9.80.